The van der Waals surface area contributed by atoms with Gasteiger partial charge in [0.15, 0.2) is 0 Å². The quantitative estimate of drug-likeness (QED) is 0.617. The summed E-state index contributed by atoms with van der Waals surface area (Å²) in [6.07, 6.45) is 0.658. The lowest BCUT2D eigenvalue weighted by molar-refractivity contribution is 0.541. The van der Waals surface area contributed by atoms with Gasteiger partial charge in [-0.3, -0.25) is 4.31 Å². The van der Waals surface area contributed by atoms with Crippen LogP contribution in [0, 0.1) is 0 Å². The van der Waals surface area contributed by atoms with Crippen LogP contribution in [0.3, 0.4) is 0 Å². The minimum atomic E-state index is -3.77. The molecule has 0 saturated heterocycles. The van der Waals surface area contributed by atoms with Crippen LogP contribution in [0.15, 0.2) is 83.8 Å². The van der Waals surface area contributed by atoms with Gasteiger partial charge in [-0.05, 0) is 61.4 Å². The highest BCUT2D eigenvalue weighted by Gasteiger charge is 2.36. The summed E-state index contributed by atoms with van der Waals surface area (Å²) in [6, 6.07) is 23.2. The Bertz CT molecular complexity index is 1070. The van der Waals surface area contributed by atoms with Crippen LogP contribution in [-0.4, -0.2) is 14.5 Å². The van der Waals surface area contributed by atoms with Crippen molar-refractivity contribution in [2.24, 2.45) is 0 Å². The minimum Gasteiger partial charge on any atom is -0.382 e. The van der Waals surface area contributed by atoms with E-state index in [9.17, 15) is 8.42 Å². The van der Waals surface area contributed by atoms with Crippen molar-refractivity contribution in [1.82, 2.24) is 0 Å². The van der Waals surface area contributed by atoms with E-state index in [0.29, 0.717) is 17.1 Å². The second-order valence-electron chi connectivity index (χ2n) is 6.97. The fraction of sp³-hybridized carbons (Fsp3) is 0.182. The van der Waals surface area contributed by atoms with E-state index in [1.807, 2.05) is 30.3 Å². The number of rotatable bonds is 4. The molecular weight excluding hydrogens is 392 g/mol. The molecule has 0 spiro atoms. The average molecular weight is 413 g/mol. The van der Waals surface area contributed by atoms with Gasteiger partial charge in [0.1, 0.15) is 0 Å². The van der Waals surface area contributed by atoms with E-state index in [4.69, 9.17) is 11.6 Å². The van der Waals surface area contributed by atoms with Crippen LogP contribution in [0.4, 0.5) is 11.4 Å². The van der Waals surface area contributed by atoms with Gasteiger partial charge in [-0.2, -0.15) is 0 Å². The second-order valence-corrected chi connectivity index (χ2v) is 9.23. The Labute approximate surface area is 170 Å². The summed E-state index contributed by atoms with van der Waals surface area (Å²) in [6.45, 7) is 2.07. The van der Waals surface area contributed by atoms with Gasteiger partial charge in [0.2, 0.25) is 0 Å². The van der Waals surface area contributed by atoms with Crippen molar-refractivity contribution in [1.29, 1.82) is 0 Å². The van der Waals surface area contributed by atoms with E-state index >= 15 is 0 Å². The maximum absolute atomic E-state index is 13.7. The molecular formula is C22H21ClN2O2S. The number of sulfonamides is 1. The highest BCUT2D eigenvalue weighted by atomic mass is 35.5. The molecule has 0 saturated carbocycles. The van der Waals surface area contributed by atoms with Gasteiger partial charge in [0.25, 0.3) is 10.0 Å². The summed E-state index contributed by atoms with van der Waals surface area (Å²) in [5, 5.41) is 4.02. The smallest absolute Gasteiger partial charge is 0.264 e. The number of benzene rings is 3. The Balaban J connectivity index is 1.91. The zero-order valence-corrected chi connectivity index (χ0v) is 17.0. The standard InChI is InChI=1S/C22H21ClN2O2S/c1-16-15-22(20-9-5-6-10-21(20)24-16)25(18-13-11-17(23)12-14-18)28(26,27)19-7-3-2-4-8-19/h2-14,16,22,24H,15H2,1H3. The van der Waals surface area contributed by atoms with Crippen molar-refractivity contribution in [2.75, 3.05) is 9.62 Å². The van der Waals surface area contributed by atoms with E-state index in [0.717, 1.165) is 11.3 Å². The van der Waals surface area contributed by atoms with Gasteiger partial charge in [-0.25, -0.2) is 8.42 Å². The Kier molecular flexibility index (Phi) is 5.04. The van der Waals surface area contributed by atoms with Crippen LogP contribution in [0.1, 0.15) is 24.9 Å². The molecule has 0 fully saturated rings. The molecule has 3 aromatic rings. The van der Waals surface area contributed by atoms with Gasteiger partial charge in [0, 0.05) is 16.8 Å². The molecule has 1 heterocycles. The Hall–Kier alpha value is -2.50. The minimum absolute atomic E-state index is 0.140. The Morgan fingerprint density at radius 3 is 2.29 bits per heavy atom. The number of hydrogen-bond acceptors (Lipinski definition) is 3. The van der Waals surface area contributed by atoms with Crippen LogP contribution in [0.25, 0.3) is 0 Å². The van der Waals surface area contributed by atoms with Gasteiger partial charge >= 0.3 is 0 Å². The van der Waals surface area contributed by atoms with Crippen molar-refractivity contribution in [3.8, 4) is 0 Å². The van der Waals surface area contributed by atoms with Gasteiger partial charge in [-0.1, -0.05) is 48.0 Å². The topological polar surface area (TPSA) is 49.4 Å². The number of nitrogens with zero attached hydrogens (tertiary/aromatic N) is 1. The summed E-state index contributed by atoms with van der Waals surface area (Å²) in [5.74, 6) is 0. The average Bonchev–Trinajstić information content (AvgIpc) is 2.70. The predicted octanol–water partition coefficient (Wildman–Crippen LogP) is 5.48. The molecule has 144 valence electrons. The van der Waals surface area contributed by atoms with Crippen LogP contribution in [-0.2, 0) is 10.0 Å². The molecule has 1 N–H and O–H groups in total. The lowest BCUT2D eigenvalue weighted by Gasteiger charge is -2.39. The highest BCUT2D eigenvalue weighted by molar-refractivity contribution is 7.92. The van der Waals surface area contributed by atoms with E-state index in [1.54, 1.807) is 48.5 Å². The molecule has 4 nitrogen and oxygen atoms in total. The molecule has 1 aliphatic heterocycles. The summed E-state index contributed by atoms with van der Waals surface area (Å²) in [7, 11) is -3.77. The second kappa shape index (κ2) is 7.49. The van der Waals surface area contributed by atoms with E-state index < -0.39 is 10.0 Å². The first kappa shape index (κ1) is 18.8. The zero-order valence-electron chi connectivity index (χ0n) is 15.4. The first-order valence-corrected chi connectivity index (χ1v) is 11.0. The maximum atomic E-state index is 13.7. The van der Waals surface area contributed by atoms with Crippen molar-refractivity contribution in [3.63, 3.8) is 0 Å². The molecule has 1 aliphatic rings. The molecule has 3 aromatic carbocycles. The first-order chi connectivity index (χ1) is 13.5. The molecule has 2 atom stereocenters. The molecule has 0 radical (unpaired) electrons. The van der Waals surface area contributed by atoms with Gasteiger partial charge in [-0.15, -0.1) is 0 Å². The van der Waals surface area contributed by atoms with Crippen molar-refractivity contribution >= 4 is 33.0 Å². The Morgan fingerprint density at radius 2 is 1.57 bits per heavy atom. The Morgan fingerprint density at radius 1 is 0.929 bits per heavy atom. The normalized spacial score (nSPS) is 18.8. The first-order valence-electron chi connectivity index (χ1n) is 9.17. The van der Waals surface area contributed by atoms with Crippen LogP contribution < -0.4 is 9.62 Å². The third kappa shape index (κ3) is 3.48. The van der Waals surface area contributed by atoms with E-state index in [2.05, 4.69) is 12.2 Å². The number of halogens is 1. The third-order valence-corrected chi connectivity index (χ3v) is 7.07. The monoisotopic (exact) mass is 412 g/mol. The number of anilines is 2. The molecule has 0 bridgehead atoms. The number of nitrogens with one attached hydrogen (secondary N) is 1. The lowest BCUT2D eigenvalue weighted by atomic mass is 9.93. The largest absolute Gasteiger partial charge is 0.382 e. The van der Waals surface area contributed by atoms with Crippen LogP contribution in [0.5, 0.6) is 0 Å². The zero-order chi connectivity index (χ0) is 19.7. The fourth-order valence-corrected chi connectivity index (χ4v) is 5.50. The fourth-order valence-electron chi connectivity index (χ4n) is 3.71. The van der Waals surface area contributed by atoms with E-state index in [1.165, 1.54) is 4.31 Å². The highest BCUT2D eigenvalue weighted by Crippen LogP contribution is 2.42. The van der Waals surface area contributed by atoms with E-state index in [-0.39, 0.29) is 17.0 Å². The SMILES string of the molecule is CC1CC(N(c2ccc(Cl)cc2)S(=O)(=O)c2ccccc2)c2ccccc2N1. The molecule has 2 unspecified atom stereocenters. The number of fused-ring (bicyclic) bond motifs is 1. The number of para-hydroxylation sites is 1. The van der Waals surface area contributed by atoms with Gasteiger partial charge < -0.3 is 5.32 Å². The third-order valence-electron chi connectivity index (χ3n) is 4.96. The molecule has 0 aromatic heterocycles. The summed E-state index contributed by atoms with van der Waals surface area (Å²) in [5.41, 5.74) is 2.53. The summed E-state index contributed by atoms with van der Waals surface area (Å²) >= 11 is 6.06. The van der Waals surface area contributed by atoms with Crippen molar-refractivity contribution in [3.05, 3.63) is 89.4 Å². The van der Waals surface area contributed by atoms with Crippen molar-refractivity contribution in [2.45, 2.75) is 30.3 Å². The molecule has 4 rings (SSSR count). The molecule has 0 aliphatic carbocycles. The number of hydrogen-bond donors (Lipinski definition) is 1. The van der Waals surface area contributed by atoms with Crippen LogP contribution in [0.2, 0.25) is 5.02 Å². The van der Waals surface area contributed by atoms with Gasteiger partial charge in [0.05, 0.1) is 16.6 Å². The summed E-state index contributed by atoms with van der Waals surface area (Å²) in [4.78, 5) is 0.272. The summed E-state index contributed by atoms with van der Waals surface area (Å²) < 4.78 is 28.9. The van der Waals surface area contributed by atoms with Crippen molar-refractivity contribution < 1.29 is 8.42 Å². The maximum Gasteiger partial charge on any atom is 0.264 e. The molecule has 0 amide bonds. The predicted molar refractivity (Wildman–Crippen MR) is 114 cm³/mol. The molecule has 28 heavy (non-hydrogen) atoms. The van der Waals surface area contributed by atoms with Crippen LogP contribution >= 0.6 is 11.6 Å². The lowest BCUT2D eigenvalue weighted by Crippen LogP contribution is -2.40. The molecule has 6 heteroatoms.